The Bertz CT molecular complexity index is 646. The summed E-state index contributed by atoms with van der Waals surface area (Å²) in [6.07, 6.45) is -0.511. The molecule has 2 rings (SSSR count). The van der Waals surface area contributed by atoms with Crippen LogP contribution in [-0.2, 0) is 4.79 Å². The van der Waals surface area contributed by atoms with Crippen LogP contribution < -0.4 is 0 Å². The number of hydrazone groups is 1. The molecule has 1 heterocycles. The highest BCUT2D eigenvalue weighted by Gasteiger charge is 2.36. The second-order valence-corrected chi connectivity index (χ2v) is 5.57. The average Bonchev–Trinajstić information content (AvgIpc) is 2.77. The number of hydrogen-bond donors (Lipinski definition) is 1. The van der Waals surface area contributed by atoms with Crippen molar-refractivity contribution in [2.45, 2.75) is 25.0 Å². The average molecular weight is 341 g/mol. The monoisotopic (exact) mass is 341 g/mol. The number of benzene rings is 1. The van der Waals surface area contributed by atoms with Crippen LogP contribution in [0.4, 0.5) is 13.2 Å². The molecule has 1 saturated heterocycles. The van der Waals surface area contributed by atoms with Gasteiger partial charge in [-0.3, -0.25) is 4.79 Å². The molecule has 1 aliphatic rings. The van der Waals surface area contributed by atoms with Crippen LogP contribution in [0.5, 0.6) is 0 Å². The molecule has 8 heteroatoms. The van der Waals surface area contributed by atoms with Gasteiger partial charge in [0, 0.05) is 26.0 Å². The van der Waals surface area contributed by atoms with Crippen LogP contribution in [-0.4, -0.2) is 47.0 Å². The smallest absolute Gasteiger partial charge is 0.229 e. The second kappa shape index (κ2) is 7.48. The minimum atomic E-state index is -1.01. The van der Waals surface area contributed by atoms with Gasteiger partial charge in [0.05, 0.1) is 18.4 Å². The number of carbonyl (C=O) groups is 1. The van der Waals surface area contributed by atoms with Crippen molar-refractivity contribution >= 4 is 12.2 Å². The van der Waals surface area contributed by atoms with Gasteiger partial charge >= 0.3 is 0 Å². The quantitative estimate of drug-likeness (QED) is 0.638. The number of aliphatic hydroxyl groups excluding tert-OH is 1. The number of nitrogens with zero attached hydrogens (tertiary/aromatic N) is 3. The summed E-state index contributed by atoms with van der Waals surface area (Å²) in [4.78, 5) is 12.6. The van der Waals surface area contributed by atoms with Gasteiger partial charge in [-0.2, -0.15) is 5.10 Å². The van der Waals surface area contributed by atoms with E-state index in [0.29, 0.717) is 12.0 Å². The van der Waals surface area contributed by atoms with Crippen molar-refractivity contribution in [3.8, 4) is 0 Å². The van der Waals surface area contributed by atoms with Crippen molar-refractivity contribution in [1.29, 1.82) is 0 Å². The number of carbonyl (C=O) groups excluding carboxylic acids is 1. The molecule has 0 saturated carbocycles. The highest BCUT2D eigenvalue weighted by Crippen LogP contribution is 2.33. The lowest BCUT2D eigenvalue weighted by atomic mass is 10.0. The number of amides is 1. The zero-order valence-corrected chi connectivity index (χ0v) is 13.1. The first-order valence-corrected chi connectivity index (χ1v) is 7.32. The van der Waals surface area contributed by atoms with Crippen LogP contribution in [0.3, 0.4) is 0 Å². The molecule has 1 aromatic carbocycles. The van der Waals surface area contributed by atoms with Gasteiger partial charge in [-0.15, -0.1) is 0 Å². The Morgan fingerprint density at radius 1 is 1.46 bits per heavy atom. The Kier molecular flexibility index (Phi) is 5.61. The lowest BCUT2D eigenvalue weighted by Crippen LogP contribution is -2.31. The van der Waals surface area contributed by atoms with E-state index in [4.69, 9.17) is 0 Å². The van der Waals surface area contributed by atoms with E-state index in [9.17, 15) is 23.1 Å². The van der Waals surface area contributed by atoms with Crippen molar-refractivity contribution in [2.75, 3.05) is 13.6 Å². The minimum Gasteiger partial charge on any atom is -0.385 e. The van der Waals surface area contributed by atoms with Crippen LogP contribution in [0.25, 0.3) is 0 Å². The molecule has 130 valence electrons. The maximum Gasteiger partial charge on any atom is 0.229 e. The van der Waals surface area contributed by atoms with Crippen LogP contribution in [0, 0.1) is 11.6 Å². The van der Waals surface area contributed by atoms with E-state index in [1.54, 1.807) is 11.9 Å². The molecule has 0 bridgehead atoms. The van der Waals surface area contributed by atoms with Crippen LogP contribution in [0.1, 0.15) is 24.4 Å². The standard InChI is InChI=1S/C16H18F3N3O2/c1-10(17)3-4-22(9-23)20-16-15(24)8-14(21(16)2)11-5-12(18)7-13(19)6-11/h5-7,9,14-15,24H,1,3-4,8H2,2H3/b20-16-. The first-order valence-electron chi connectivity index (χ1n) is 7.32. The number of rotatable bonds is 6. The van der Waals surface area contributed by atoms with Gasteiger partial charge in [-0.1, -0.05) is 6.58 Å². The first kappa shape index (κ1) is 18.0. The van der Waals surface area contributed by atoms with Gasteiger partial charge in [-0.05, 0) is 17.7 Å². The van der Waals surface area contributed by atoms with E-state index in [1.807, 2.05) is 0 Å². The van der Waals surface area contributed by atoms with E-state index in [1.165, 1.54) is 12.1 Å². The molecular formula is C16H18F3N3O2. The molecule has 1 aliphatic heterocycles. The molecule has 5 nitrogen and oxygen atoms in total. The van der Waals surface area contributed by atoms with Gasteiger partial charge < -0.3 is 10.0 Å². The van der Waals surface area contributed by atoms with E-state index < -0.39 is 29.6 Å². The van der Waals surface area contributed by atoms with Crippen molar-refractivity contribution in [3.05, 3.63) is 47.8 Å². The predicted molar refractivity (Wildman–Crippen MR) is 82.6 cm³/mol. The van der Waals surface area contributed by atoms with Crippen LogP contribution in [0.15, 0.2) is 35.7 Å². The third-order valence-corrected chi connectivity index (χ3v) is 3.81. The van der Waals surface area contributed by atoms with Gasteiger partial charge in [0.25, 0.3) is 0 Å². The number of likely N-dealkylation sites (tertiary alicyclic amines) is 1. The summed E-state index contributed by atoms with van der Waals surface area (Å²) in [5.41, 5.74) is 0.356. The maximum absolute atomic E-state index is 13.4. The fourth-order valence-corrected chi connectivity index (χ4v) is 2.63. The first-order chi connectivity index (χ1) is 11.3. The van der Waals surface area contributed by atoms with E-state index >= 15 is 0 Å². The summed E-state index contributed by atoms with van der Waals surface area (Å²) in [6.45, 7) is 3.08. The summed E-state index contributed by atoms with van der Waals surface area (Å²) >= 11 is 0. The topological polar surface area (TPSA) is 56.1 Å². The Hall–Kier alpha value is -2.35. The molecule has 1 aromatic rings. The molecule has 1 N–H and O–H groups in total. The highest BCUT2D eigenvalue weighted by molar-refractivity contribution is 5.89. The van der Waals surface area contributed by atoms with Gasteiger partial charge in [0.15, 0.2) is 5.84 Å². The molecule has 0 radical (unpaired) electrons. The molecule has 0 aliphatic carbocycles. The normalized spacial score (nSPS) is 22.0. The van der Waals surface area contributed by atoms with Crippen molar-refractivity contribution in [2.24, 2.45) is 5.10 Å². The van der Waals surface area contributed by atoms with Gasteiger partial charge in [0.1, 0.15) is 17.7 Å². The molecule has 1 fully saturated rings. The molecule has 24 heavy (non-hydrogen) atoms. The van der Waals surface area contributed by atoms with Crippen molar-refractivity contribution in [1.82, 2.24) is 9.91 Å². The predicted octanol–water partition coefficient (Wildman–Crippen LogP) is 2.35. The third kappa shape index (κ3) is 4.14. The molecule has 1 amide bonds. The number of halogens is 3. The number of likely N-dealkylation sites (N-methyl/N-ethyl adjacent to an activating group) is 1. The molecule has 2 unspecified atom stereocenters. The third-order valence-electron chi connectivity index (χ3n) is 3.81. The second-order valence-electron chi connectivity index (χ2n) is 5.57. The minimum absolute atomic E-state index is 0.0256. The maximum atomic E-state index is 13.4. The molecule has 2 atom stereocenters. The van der Waals surface area contributed by atoms with Crippen molar-refractivity contribution in [3.63, 3.8) is 0 Å². The zero-order valence-electron chi connectivity index (χ0n) is 13.1. The summed E-state index contributed by atoms with van der Waals surface area (Å²) in [7, 11) is 1.60. The van der Waals surface area contributed by atoms with Gasteiger partial charge in [0.2, 0.25) is 6.41 Å². The summed E-state index contributed by atoms with van der Waals surface area (Å²) in [5, 5.41) is 15.1. The Labute approximate surface area is 137 Å². The molecular weight excluding hydrogens is 323 g/mol. The number of aliphatic hydroxyl groups is 1. The van der Waals surface area contributed by atoms with Crippen LogP contribution >= 0.6 is 0 Å². The Balaban J connectivity index is 2.22. The zero-order chi connectivity index (χ0) is 17.9. The summed E-state index contributed by atoms with van der Waals surface area (Å²) in [5.74, 6) is -1.85. The van der Waals surface area contributed by atoms with Crippen LogP contribution in [0.2, 0.25) is 0 Å². The summed E-state index contributed by atoms with van der Waals surface area (Å²) in [6, 6.07) is 2.64. The van der Waals surface area contributed by atoms with E-state index in [0.717, 1.165) is 11.1 Å². The molecule has 0 spiro atoms. The lowest BCUT2D eigenvalue weighted by molar-refractivity contribution is -0.118. The Morgan fingerprint density at radius 3 is 2.62 bits per heavy atom. The lowest BCUT2D eigenvalue weighted by Gasteiger charge is -2.23. The van der Waals surface area contributed by atoms with E-state index in [-0.39, 0.29) is 25.2 Å². The Morgan fingerprint density at radius 2 is 2.08 bits per heavy atom. The largest absolute Gasteiger partial charge is 0.385 e. The summed E-state index contributed by atoms with van der Waals surface area (Å²) < 4.78 is 39.5. The van der Waals surface area contributed by atoms with Gasteiger partial charge in [-0.25, -0.2) is 18.2 Å². The number of hydrogen-bond acceptors (Lipinski definition) is 3. The highest BCUT2D eigenvalue weighted by atomic mass is 19.1. The van der Waals surface area contributed by atoms with E-state index in [2.05, 4.69) is 11.7 Å². The molecule has 0 aromatic heterocycles. The number of amidine groups is 1. The fourth-order valence-electron chi connectivity index (χ4n) is 2.63. The van der Waals surface area contributed by atoms with Crippen molar-refractivity contribution < 1.29 is 23.1 Å². The fraction of sp³-hybridized carbons (Fsp3) is 0.375. The SMILES string of the molecule is C=C(F)CCN(C=O)/N=C1/C(O)CC(c2cc(F)cc(F)c2)N1C.